The highest BCUT2D eigenvalue weighted by atomic mass is 31.2. The lowest BCUT2D eigenvalue weighted by molar-refractivity contribution is -0.161. The Morgan fingerprint density at radius 1 is 0.248 bits per heavy atom. The number of rotatable bonds is 87. The van der Waals surface area contributed by atoms with Crippen molar-refractivity contribution in [2.45, 2.75) is 399 Å². The Hall–Kier alpha value is -5.09. The Bertz CT molecular complexity index is 2810. The quantitative estimate of drug-likeness (QED) is 0.0146. The number of carbonyl (C=O) groups is 3. The van der Waals surface area contributed by atoms with Crippen LogP contribution in [0.5, 0.6) is 0 Å². The van der Waals surface area contributed by atoms with E-state index < -0.39 is 91.5 Å². The second-order valence-corrected chi connectivity index (χ2v) is 33.6. The third-order valence-corrected chi connectivity index (χ3v) is 21.3. The van der Waals surface area contributed by atoms with Gasteiger partial charge < -0.3 is 34.2 Å². The molecule has 0 aromatic heterocycles. The van der Waals surface area contributed by atoms with Gasteiger partial charge in [-0.05, 0) is 161 Å². The molecule has 4 N–H and O–H groups in total. The van der Waals surface area contributed by atoms with Gasteiger partial charge in [0.15, 0.2) is 6.10 Å². The van der Waals surface area contributed by atoms with Gasteiger partial charge in [-0.3, -0.25) is 32.5 Å². The minimum Gasteiger partial charge on any atom is -0.463 e. The van der Waals surface area contributed by atoms with Gasteiger partial charge >= 0.3 is 33.6 Å². The molecule has 0 heterocycles. The largest absolute Gasteiger partial charge is 0.472 e. The molecule has 0 spiro atoms. The van der Waals surface area contributed by atoms with Crippen molar-refractivity contribution >= 4 is 33.6 Å². The number of unbranched alkanes of at least 4 members (excludes halogenated alkanes) is 36. The molecule has 16 nitrogen and oxygen atoms in total. The van der Waals surface area contributed by atoms with E-state index in [-0.39, 0.29) is 19.3 Å². The number of aliphatic hydroxyl groups excluding tert-OH is 2. The van der Waals surface area contributed by atoms with Crippen molar-refractivity contribution in [3.8, 4) is 0 Å². The third-order valence-electron chi connectivity index (χ3n) is 19.4. The monoisotopic (exact) mass is 1680 g/mol. The maximum atomic E-state index is 13.1. The fraction of sp³-hybridized carbons (Fsp3) is 0.687. The van der Waals surface area contributed by atoms with Crippen LogP contribution in [0.25, 0.3) is 0 Å². The number of ether oxygens (including phenoxy) is 3. The van der Waals surface area contributed by atoms with E-state index in [2.05, 4.69) is 191 Å². The first-order chi connectivity index (χ1) is 57.2. The number of carbonyl (C=O) groups excluding carboxylic acids is 3. The van der Waals surface area contributed by atoms with Gasteiger partial charge in [-0.15, -0.1) is 0 Å². The van der Waals surface area contributed by atoms with Crippen molar-refractivity contribution in [1.29, 1.82) is 0 Å². The van der Waals surface area contributed by atoms with Crippen LogP contribution >= 0.6 is 15.6 Å². The summed E-state index contributed by atoms with van der Waals surface area (Å²) in [7, 11) is -9.83. The Labute approximate surface area is 713 Å². The molecule has 670 valence electrons. The molecule has 0 saturated carbocycles. The minimum absolute atomic E-state index is 0.0680. The Morgan fingerprint density at radius 3 is 0.718 bits per heavy atom. The number of hydrogen-bond donors (Lipinski definition) is 4. The van der Waals surface area contributed by atoms with Gasteiger partial charge in [0.05, 0.1) is 26.4 Å². The number of allylic oxidation sites excluding steroid dienone is 28. The van der Waals surface area contributed by atoms with Crippen LogP contribution in [-0.4, -0.2) is 95.9 Å². The van der Waals surface area contributed by atoms with Crippen LogP contribution in [0.2, 0.25) is 0 Å². The van der Waals surface area contributed by atoms with Gasteiger partial charge in [0, 0.05) is 19.3 Å². The van der Waals surface area contributed by atoms with Crippen LogP contribution < -0.4 is 0 Å². The molecule has 18 heteroatoms. The standard InChI is InChI=1S/C99H168O16P2/c1-4-7-10-13-16-19-22-25-28-31-34-37-40-42-43-44-45-46-47-48-49-51-54-55-58-61-64-67-70-73-76-79-82-85-97(102)109-88-94(100)89-111-116(105,106)112-90-95(101)91-113-117(107,108)114-93-96(115-99(104)87-84-81-78-75-72-69-66-63-60-57-52-39-36-33-30-27-24-21-18-15-12-9-6-3)92-110-98(103)86-83-80-77-74-71-68-65-62-59-56-53-50-41-38-35-32-29-26-23-20-17-14-11-8-5-2/h9,12,16-21,25-30,34-39,42-43,50,53,57,60,66,69,94-96,100-101H,4-8,10-11,13-15,22-24,31-33,40-41,44-49,51-52,54-56,58-59,61-65,67-68,70-93H2,1-3H3,(H,105,106)(H,107,108)/b12-9-,19-16-,20-17-,21-18-,28-25-,29-26-,30-27-,37-34-,38-35-,39-36-,43-42-,53-50-,60-57-,69-66-. The summed E-state index contributed by atoms with van der Waals surface area (Å²) in [5, 5.41) is 20.7. The maximum Gasteiger partial charge on any atom is 0.472 e. The van der Waals surface area contributed by atoms with E-state index in [1.165, 1.54) is 167 Å². The van der Waals surface area contributed by atoms with Crippen LogP contribution in [0.3, 0.4) is 0 Å². The molecule has 0 bridgehead atoms. The molecule has 0 rings (SSSR count). The van der Waals surface area contributed by atoms with Crippen LogP contribution in [0.1, 0.15) is 380 Å². The number of esters is 3. The van der Waals surface area contributed by atoms with E-state index in [9.17, 15) is 43.5 Å². The molecule has 5 unspecified atom stereocenters. The first-order valence-electron chi connectivity index (χ1n) is 46.4. The van der Waals surface area contributed by atoms with Gasteiger partial charge in [0.1, 0.15) is 25.4 Å². The number of hydrogen-bond acceptors (Lipinski definition) is 14. The zero-order valence-electron chi connectivity index (χ0n) is 73.8. The summed E-state index contributed by atoms with van der Waals surface area (Å²) in [6.45, 7) is 2.51. The lowest BCUT2D eigenvalue weighted by Crippen LogP contribution is -2.30. The summed E-state index contributed by atoms with van der Waals surface area (Å²) >= 11 is 0. The fourth-order valence-electron chi connectivity index (χ4n) is 12.4. The summed E-state index contributed by atoms with van der Waals surface area (Å²) < 4.78 is 61.5. The molecule has 117 heavy (non-hydrogen) atoms. The van der Waals surface area contributed by atoms with E-state index >= 15 is 0 Å². The van der Waals surface area contributed by atoms with Gasteiger partial charge in [-0.2, -0.15) is 0 Å². The van der Waals surface area contributed by atoms with E-state index in [1.807, 2.05) is 0 Å². The Morgan fingerprint density at radius 2 is 0.453 bits per heavy atom. The number of aliphatic hydroxyl groups is 2. The molecular weight excluding hydrogens is 1510 g/mol. The molecule has 0 aliphatic carbocycles. The van der Waals surface area contributed by atoms with E-state index in [0.717, 1.165) is 154 Å². The average molecular weight is 1680 g/mol. The molecule has 5 atom stereocenters. The highest BCUT2D eigenvalue weighted by Crippen LogP contribution is 2.45. The van der Waals surface area contributed by atoms with Gasteiger partial charge in [0.25, 0.3) is 0 Å². The highest BCUT2D eigenvalue weighted by Gasteiger charge is 2.29. The summed E-state index contributed by atoms with van der Waals surface area (Å²) in [5.74, 6) is -1.61. The first kappa shape index (κ1) is 112. The van der Waals surface area contributed by atoms with Crippen molar-refractivity contribution in [2.75, 3.05) is 39.6 Å². The van der Waals surface area contributed by atoms with Gasteiger partial charge in [-0.25, -0.2) is 9.13 Å². The fourth-order valence-corrected chi connectivity index (χ4v) is 14.0. The highest BCUT2D eigenvalue weighted by molar-refractivity contribution is 7.47. The van der Waals surface area contributed by atoms with E-state index in [4.69, 9.17) is 32.3 Å². The van der Waals surface area contributed by atoms with Crippen molar-refractivity contribution in [2.24, 2.45) is 0 Å². The summed E-state index contributed by atoms with van der Waals surface area (Å²) in [6, 6.07) is 0. The van der Waals surface area contributed by atoms with Crippen LogP contribution in [0, 0.1) is 0 Å². The molecule has 0 fully saturated rings. The third kappa shape index (κ3) is 91.5. The molecule has 0 amide bonds. The zero-order chi connectivity index (χ0) is 85.1. The van der Waals surface area contributed by atoms with E-state index in [1.54, 1.807) is 0 Å². The zero-order valence-corrected chi connectivity index (χ0v) is 75.6. The second-order valence-electron chi connectivity index (χ2n) is 30.7. The molecule has 0 aromatic rings. The predicted molar refractivity (Wildman–Crippen MR) is 491 cm³/mol. The predicted octanol–water partition coefficient (Wildman–Crippen LogP) is 28.7. The smallest absolute Gasteiger partial charge is 0.463 e. The van der Waals surface area contributed by atoms with Crippen LogP contribution in [-0.2, 0) is 55.8 Å². The average Bonchev–Trinajstić information content (AvgIpc) is 0.890. The topological polar surface area (TPSA) is 231 Å². The molecule has 0 aromatic carbocycles. The minimum atomic E-state index is -4.95. The van der Waals surface area contributed by atoms with E-state index in [0.29, 0.717) is 19.3 Å². The van der Waals surface area contributed by atoms with Gasteiger partial charge in [-0.1, -0.05) is 371 Å². The van der Waals surface area contributed by atoms with Crippen molar-refractivity contribution < 1.29 is 75.8 Å². The van der Waals surface area contributed by atoms with Crippen LogP contribution in [0.15, 0.2) is 170 Å². The molecule has 0 aliphatic rings. The Balaban J connectivity index is 4.61. The maximum absolute atomic E-state index is 13.1. The van der Waals surface area contributed by atoms with Crippen molar-refractivity contribution in [3.05, 3.63) is 170 Å². The Kier molecular flexibility index (Phi) is 86.2. The number of phosphoric acid groups is 2. The van der Waals surface area contributed by atoms with Crippen molar-refractivity contribution in [3.63, 3.8) is 0 Å². The first-order valence-corrected chi connectivity index (χ1v) is 49.4. The lowest BCUT2D eigenvalue weighted by atomic mass is 10.0. The number of phosphoric ester groups is 2. The summed E-state index contributed by atoms with van der Waals surface area (Å²) in [4.78, 5) is 59.0. The van der Waals surface area contributed by atoms with Gasteiger partial charge in [0.2, 0.25) is 0 Å². The molecular formula is C99H168O16P2. The van der Waals surface area contributed by atoms with Crippen molar-refractivity contribution in [1.82, 2.24) is 0 Å². The molecule has 0 aliphatic heterocycles. The summed E-state index contributed by atoms with van der Waals surface area (Å²) in [5.41, 5.74) is 0. The second kappa shape index (κ2) is 90.2. The SMILES string of the molecule is CC/C=C\C/C=C\C/C=C\C/C=C\C/C=C\C/C=C\CCCCCCC(=O)OC(COC(=O)CCCCCCCCCCC/C=C\C/C=C\C/C=C\C/C=C\CCCCC)COP(=O)(O)OCC(O)COP(=O)(O)OCC(O)COC(=O)CCCCCCCCCCCCCCCCCCC/C=C\C/C=C\C/C=C\C/C=C\CCCCC. The normalized spacial score (nSPS) is 14.6. The van der Waals surface area contributed by atoms with Crippen LogP contribution in [0.4, 0.5) is 0 Å². The lowest BCUT2D eigenvalue weighted by Gasteiger charge is -2.21. The summed E-state index contributed by atoms with van der Waals surface area (Å²) in [6.07, 6.45) is 117. The molecule has 0 saturated heterocycles. The molecule has 0 radical (unpaired) electrons.